The molecule has 19 heteroatoms. The number of carbonyl (C=O) groups excluding carboxylic acids is 4. The second-order valence-corrected chi connectivity index (χ2v) is 30.3. The zero-order valence-electron chi connectivity index (χ0n) is 63.9. The van der Waals surface area contributed by atoms with E-state index in [1.165, 1.54) is 180 Å². The first-order valence-corrected chi connectivity index (χ1v) is 43.5. The maximum absolute atomic E-state index is 13.1. The van der Waals surface area contributed by atoms with Gasteiger partial charge in [-0.05, 0) is 89.9 Å². The Labute approximate surface area is 610 Å². The van der Waals surface area contributed by atoms with Gasteiger partial charge in [0.05, 0.1) is 26.4 Å². The molecule has 0 aromatic carbocycles. The summed E-state index contributed by atoms with van der Waals surface area (Å²) in [4.78, 5) is 73.0. The number of phosphoric acid groups is 2. The number of unbranched alkanes of at least 4 members (excludes halogenated alkanes) is 41. The number of esters is 4. The molecule has 0 bridgehead atoms. The number of hydrogen-bond donors (Lipinski definition) is 3. The predicted molar refractivity (Wildman–Crippen MR) is 409 cm³/mol. The van der Waals surface area contributed by atoms with Crippen molar-refractivity contribution in [1.29, 1.82) is 0 Å². The highest BCUT2D eigenvalue weighted by Gasteiger charge is 2.30. The molecule has 0 aliphatic rings. The van der Waals surface area contributed by atoms with Gasteiger partial charge < -0.3 is 33.8 Å². The molecule has 0 spiro atoms. The molecule has 0 rings (SSSR count). The van der Waals surface area contributed by atoms with Crippen LogP contribution in [0, 0.1) is 0 Å². The molecule has 2 unspecified atom stereocenters. The van der Waals surface area contributed by atoms with Crippen molar-refractivity contribution in [3.8, 4) is 0 Å². The van der Waals surface area contributed by atoms with Gasteiger partial charge in [-0.15, -0.1) is 0 Å². The van der Waals surface area contributed by atoms with Gasteiger partial charge in [-0.25, -0.2) is 9.13 Å². The summed E-state index contributed by atoms with van der Waals surface area (Å²) in [7, 11) is -9.96. The fourth-order valence-corrected chi connectivity index (χ4v) is 12.8. The number of aliphatic hydroxyl groups excluding tert-OH is 1. The number of rotatable bonds is 77. The van der Waals surface area contributed by atoms with Crippen LogP contribution in [0.2, 0.25) is 0 Å². The highest BCUT2D eigenvalue weighted by Crippen LogP contribution is 2.45. The summed E-state index contributed by atoms with van der Waals surface area (Å²) in [5.41, 5.74) is 0. The molecule has 5 atom stereocenters. The Morgan fingerprint density at radius 2 is 0.500 bits per heavy atom. The van der Waals surface area contributed by atoms with Gasteiger partial charge in [-0.1, -0.05) is 320 Å². The fourth-order valence-electron chi connectivity index (χ4n) is 11.3. The van der Waals surface area contributed by atoms with Crippen LogP contribution in [-0.2, 0) is 65.4 Å². The first-order chi connectivity index (χ1) is 48.7. The van der Waals surface area contributed by atoms with Crippen molar-refractivity contribution in [1.82, 2.24) is 0 Å². The van der Waals surface area contributed by atoms with Gasteiger partial charge in [0, 0.05) is 25.7 Å². The molecule has 0 aliphatic carbocycles. The third-order valence-corrected chi connectivity index (χ3v) is 19.4. The quantitative estimate of drug-likeness (QED) is 0.0169. The molecular weight excluding hydrogens is 1310 g/mol. The number of allylic oxidation sites excluding steroid dienone is 10. The maximum Gasteiger partial charge on any atom is 0.472 e. The molecule has 0 fully saturated rings. The van der Waals surface area contributed by atoms with E-state index in [-0.39, 0.29) is 25.7 Å². The van der Waals surface area contributed by atoms with Crippen LogP contribution in [0.5, 0.6) is 0 Å². The zero-order chi connectivity index (χ0) is 73.2. The van der Waals surface area contributed by atoms with Crippen LogP contribution < -0.4 is 0 Å². The van der Waals surface area contributed by atoms with Crippen LogP contribution in [0.4, 0.5) is 0 Å². The van der Waals surface area contributed by atoms with Crippen molar-refractivity contribution in [3.63, 3.8) is 0 Å². The Bertz CT molecular complexity index is 2130. The average molecular weight is 1460 g/mol. The molecule has 0 aromatic rings. The molecule has 0 heterocycles. The van der Waals surface area contributed by atoms with E-state index in [9.17, 15) is 43.2 Å². The molecule has 0 radical (unpaired) electrons. The minimum Gasteiger partial charge on any atom is -0.462 e. The minimum absolute atomic E-state index is 0.0243. The average Bonchev–Trinajstić information content (AvgIpc) is 1.13. The molecular formula is C81H148O17P2. The summed E-state index contributed by atoms with van der Waals surface area (Å²) in [5.74, 6) is -2.21. The molecule has 17 nitrogen and oxygen atoms in total. The second-order valence-electron chi connectivity index (χ2n) is 27.4. The molecule has 584 valence electrons. The summed E-state index contributed by atoms with van der Waals surface area (Å²) in [6, 6.07) is 0. The predicted octanol–water partition coefficient (Wildman–Crippen LogP) is 23.5. The highest BCUT2D eigenvalue weighted by molar-refractivity contribution is 7.47. The summed E-state index contributed by atoms with van der Waals surface area (Å²) < 4.78 is 68.6. The van der Waals surface area contributed by atoms with E-state index in [0.29, 0.717) is 32.1 Å². The fraction of sp³-hybridized carbons (Fsp3) is 0.827. The van der Waals surface area contributed by atoms with E-state index in [1.807, 2.05) is 12.2 Å². The largest absolute Gasteiger partial charge is 0.472 e. The molecule has 0 saturated carbocycles. The minimum atomic E-state index is -4.98. The topological polar surface area (TPSA) is 237 Å². The van der Waals surface area contributed by atoms with Gasteiger partial charge in [-0.3, -0.25) is 37.3 Å². The zero-order valence-corrected chi connectivity index (χ0v) is 65.7. The normalized spacial score (nSPS) is 14.2. The van der Waals surface area contributed by atoms with E-state index in [0.717, 1.165) is 109 Å². The van der Waals surface area contributed by atoms with Crippen LogP contribution in [0.15, 0.2) is 60.8 Å². The number of aliphatic hydroxyl groups is 1. The van der Waals surface area contributed by atoms with Crippen LogP contribution in [0.25, 0.3) is 0 Å². The van der Waals surface area contributed by atoms with Crippen molar-refractivity contribution in [2.24, 2.45) is 0 Å². The Kier molecular flexibility index (Phi) is 71.6. The van der Waals surface area contributed by atoms with Crippen molar-refractivity contribution < 1.29 is 80.2 Å². The Balaban J connectivity index is 5.37. The van der Waals surface area contributed by atoms with Crippen LogP contribution >= 0.6 is 15.6 Å². The van der Waals surface area contributed by atoms with E-state index < -0.39 is 97.5 Å². The highest BCUT2D eigenvalue weighted by atomic mass is 31.2. The third kappa shape index (κ3) is 73.1. The first kappa shape index (κ1) is 96.8. The Morgan fingerprint density at radius 3 is 0.820 bits per heavy atom. The monoisotopic (exact) mass is 1460 g/mol. The van der Waals surface area contributed by atoms with Gasteiger partial charge in [0.2, 0.25) is 0 Å². The summed E-state index contributed by atoms with van der Waals surface area (Å²) in [6.45, 7) is 4.85. The lowest BCUT2D eigenvalue weighted by Gasteiger charge is -2.21. The van der Waals surface area contributed by atoms with Crippen LogP contribution in [0.3, 0.4) is 0 Å². The summed E-state index contributed by atoms with van der Waals surface area (Å²) in [5, 5.41) is 10.6. The van der Waals surface area contributed by atoms with Crippen LogP contribution in [-0.4, -0.2) is 96.7 Å². The molecule has 0 aromatic heterocycles. The van der Waals surface area contributed by atoms with Gasteiger partial charge in [0.1, 0.15) is 19.3 Å². The van der Waals surface area contributed by atoms with Gasteiger partial charge >= 0.3 is 39.5 Å². The third-order valence-electron chi connectivity index (χ3n) is 17.5. The van der Waals surface area contributed by atoms with Gasteiger partial charge in [0.15, 0.2) is 12.2 Å². The van der Waals surface area contributed by atoms with Crippen molar-refractivity contribution >= 4 is 39.5 Å². The van der Waals surface area contributed by atoms with E-state index >= 15 is 0 Å². The van der Waals surface area contributed by atoms with Gasteiger partial charge in [0.25, 0.3) is 0 Å². The lowest BCUT2D eigenvalue weighted by atomic mass is 10.0. The van der Waals surface area contributed by atoms with Crippen molar-refractivity contribution in [3.05, 3.63) is 60.8 Å². The number of ether oxygens (including phenoxy) is 4. The van der Waals surface area contributed by atoms with E-state index in [1.54, 1.807) is 0 Å². The summed E-state index contributed by atoms with van der Waals surface area (Å²) >= 11 is 0. The van der Waals surface area contributed by atoms with E-state index in [4.69, 9.17) is 37.0 Å². The number of phosphoric ester groups is 2. The van der Waals surface area contributed by atoms with Crippen molar-refractivity contribution in [2.45, 2.75) is 393 Å². The Hall–Kier alpha value is -3.24. The molecule has 0 amide bonds. The number of carbonyl (C=O) groups is 4. The molecule has 100 heavy (non-hydrogen) atoms. The number of hydrogen-bond acceptors (Lipinski definition) is 15. The first-order valence-electron chi connectivity index (χ1n) is 40.5. The van der Waals surface area contributed by atoms with Crippen molar-refractivity contribution in [2.75, 3.05) is 39.6 Å². The molecule has 0 aliphatic heterocycles. The standard InChI is InChI=1S/C81H148O17P2/c1-5-9-13-17-21-25-29-33-36-37-40-44-48-52-56-60-64-68-81(86)98-76(71-91-78(83)65-61-57-53-49-45-41-32-28-24-20-16-12-8-4)73-95-99(87,88)93-69-75(82)70-94-100(89,90)96-74-77(97-80(85)67-63-59-55-51-47-43-39-35-31-27-23-19-15-11-7-3)72-92-79(84)66-62-58-54-50-46-42-38-34-30-26-22-18-14-10-6-2/h21,25,33-34,36,38,40,44,52,56,75-77,82H,5-20,22-24,26-32,35,37,39,41-43,45-51,53-55,57-74H2,1-4H3,(H,87,88)(H,89,90)/b25-21-,36-33-,38-34-,44-40-,56-52-/t75-,76-,77-/m1/s1. The van der Waals surface area contributed by atoms with E-state index in [2.05, 4.69) is 76.3 Å². The second kappa shape index (κ2) is 74.0. The summed E-state index contributed by atoms with van der Waals surface area (Å²) in [6.07, 6.45) is 73.4. The lowest BCUT2D eigenvalue weighted by Crippen LogP contribution is -2.30. The lowest BCUT2D eigenvalue weighted by molar-refractivity contribution is -0.161. The van der Waals surface area contributed by atoms with Gasteiger partial charge in [-0.2, -0.15) is 0 Å². The SMILES string of the molecule is CCCCC/C=C\C/C=C\C/C=C\C/C=C\CCCC(=O)O[C@H](COC(=O)CCCCCCCCCCCCCCC)COP(=O)(O)OC[C@@H](O)COP(=O)(O)OC[C@@H](COC(=O)CCCCCCC/C=C\CCCCCCCC)OC(=O)CCCCCCCCCCCCCCCCC. The van der Waals surface area contributed by atoms with Crippen LogP contribution in [0.1, 0.15) is 374 Å². The smallest absolute Gasteiger partial charge is 0.462 e. The Morgan fingerprint density at radius 1 is 0.280 bits per heavy atom. The maximum atomic E-state index is 13.1. The molecule has 3 N–H and O–H groups in total. The molecule has 0 saturated heterocycles.